The summed E-state index contributed by atoms with van der Waals surface area (Å²) in [5.41, 5.74) is 8.37. The number of ketones is 1. The summed E-state index contributed by atoms with van der Waals surface area (Å²) in [7, 11) is 1.73. The van der Waals surface area contributed by atoms with Gasteiger partial charge in [-0.15, -0.1) is 0 Å². The predicted molar refractivity (Wildman–Crippen MR) is 250 cm³/mol. The average Bonchev–Trinajstić information content (AvgIpc) is 4.02. The second-order valence-corrected chi connectivity index (χ2v) is 24.3. The monoisotopic (exact) mass is 1040 g/mol. The quantitative estimate of drug-likeness (QED) is 0.120. The van der Waals surface area contributed by atoms with Crippen LogP contribution in [0.2, 0.25) is 0 Å². The number of aryl methyl sites for hydroxylation is 1. The van der Waals surface area contributed by atoms with Crippen molar-refractivity contribution in [3.8, 4) is 34.4 Å². The Kier molecular flexibility index (Phi) is 12.7. The number of cyclic esters (lactones) is 1. The number of hydrazine groups is 1. The molecule has 6 aliphatic rings. The first-order chi connectivity index (χ1) is 32.2. The fraction of sp³-hybridized carbons (Fsp3) is 0.569. The van der Waals surface area contributed by atoms with Gasteiger partial charge in [0, 0.05) is 26.4 Å². The number of likely N-dealkylation sites (tertiary alicyclic amines) is 2. The van der Waals surface area contributed by atoms with Gasteiger partial charge < -0.3 is 4.74 Å². The number of benzene rings is 1. The Labute approximate surface area is 407 Å². The van der Waals surface area contributed by atoms with Crippen molar-refractivity contribution in [3.63, 3.8) is 0 Å². The first-order valence-corrected chi connectivity index (χ1v) is 27.5. The summed E-state index contributed by atoms with van der Waals surface area (Å²) in [5.74, 6) is 5.05. The summed E-state index contributed by atoms with van der Waals surface area (Å²) in [5, 5.41) is 5.58. The number of halogens is 1. The number of thiazole rings is 1. The molecule has 1 spiro atoms. The van der Waals surface area contributed by atoms with Gasteiger partial charge >= 0.3 is 323 Å². The van der Waals surface area contributed by atoms with Crippen molar-refractivity contribution in [1.82, 2.24) is 34.8 Å². The number of aromatic nitrogens is 3. The van der Waals surface area contributed by atoms with E-state index in [-0.39, 0.29) is 54.8 Å². The molecule has 4 saturated heterocycles. The van der Waals surface area contributed by atoms with Gasteiger partial charge in [-0.25, -0.2) is 0 Å². The molecule has 6 bridgehead atoms. The van der Waals surface area contributed by atoms with Crippen LogP contribution < -0.4 is 26.6 Å². The Morgan fingerprint density at radius 1 is 1.12 bits per heavy atom. The van der Waals surface area contributed by atoms with Crippen molar-refractivity contribution in [2.45, 2.75) is 113 Å². The maximum absolute atomic E-state index is 15.2. The molecule has 1 aromatic carbocycles. The molecule has 5 atom stereocenters. The fourth-order valence-electron chi connectivity index (χ4n) is 11.2. The van der Waals surface area contributed by atoms with Gasteiger partial charge in [-0.3, -0.25) is 9.88 Å². The van der Waals surface area contributed by atoms with Crippen molar-refractivity contribution in [2.24, 2.45) is 10.8 Å². The van der Waals surface area contributed by atoms with Crippen LogP contribution in [0.15, 0.2) is 41.9 Å². The van der Waals surface area contributed by atoms with Gasteiger partial charge in [0.1, 0.15) is 0 Å². The summed E-state index contributed by atoms with van der Waals surface area (Å²) in [4.78, 5) is 70.9. The zero-order chi connectivity index (χ0) is 46.8. The van der Waals surface area contributed by atoms with Crippen molar-refractivity contribution in [3.05, 3.63) is 58.2 Å². The van der Waals surface area contributed by atoms with E-state index in [9.17, 15) is 14.4 Å². The molecule has 1 N–H and O–H groups in total. The van der Waals surface area contributed by atoms with Crippen molar-refractivity contribution >= 4 is 45.8 Å². The molecular weight excluding hydrogens is 982 g/mol. The van der Waals surface area contributed by atoms with Crippen molar-refractivity contribution < 1.29 is 54.6 Å². The van der Waals surface area contributed by atoms with Crippen LogP contribution >= 0.6 is 11.3 Å². The molecule has 10 rings (SSSR count). The molecule has 4 aromatic rings. The van der Waals surface area contributed by atoms with Crippen molar-refractivity contribution in [2.75, 3.05) is 57.5 Å². The molecule has 67 heavy (non-hydrogen) atoms. The van der Waals surface area contributed by atoms with Crippen LogP contribution in [-0.4, -0.2) is 132 Å². The van der Waals surface area contributed by atoms with Gasteiger partial charge in [0.15, 0.2) is 0 Å². The van der Waals surface area contributed by atoms with Crippen LogP contribution in [0.3, 0.4) is 0 Å². The van der Waals surface area contributed by atoms with Crippen LogP contribution in [-0.2, 0) is 46.4 Å². The molecule has 0 radical (unpaired) electrons. The Morgan fingerprint density at radius 3 is 2.70 bits per heavy atom. The van der Waals surface area contributed by atoms with Crippen LogP contribution in [0.5, 0.6) is 0 Å². The van der Waals surface area contributed by atoms with E-state index in [2.05, 4.69) is 77.2 Å². The molecule has 8 heterocycles. The number of hydrogen-bond donors (Lipinski definition) is 1. The molecule has 14 nitrogen and oxygen atoms in total. The van der Waals surface area contributed by atoms with Crippen LogP contribution in [0.25, 0.3) is 33.4 Å². The van der Waals surface area contributed by atoms with E-state index >= 15 is 4.79 Å². The van der Waals surface area contributed by atoms with Gasteiger partial charge in [-0.1, -0.05) is 0 Å². The van der Waals surface area contributed by atoms with Crippen molar-refractivity contribution in [1.29, 1.82) is 0 Å². The minimum Gasteiger partial charge on any atom is -0.374 e. The first-order valence-electron chi connectivity index (χ1n) is 23.9. The number of ether oxygens (including phenoxy) is 3. The zero-order valence-corrected chi connectivity index (χ0v) is 42.3. The summed E-state index contributed by atoms with van der Waals surface area (Å²) in [6.45, 7) is 14.9. The molecule has 2 unspecified atom stereocenters. The number of methoxy groups -OCH3 is 1. The van der Waals surface area contributed by atoms with Crippen LogP contribution in [0.1, 0.15) is 95.0 Å². The second kappa shape index (κ2) is 18.2. The Hall–Kier alpha value is -4.25. The third kappa shape index (κ3) is 8.32. The Bertz CT molecular complexity index is 2680. The first kappa shape index (κ1) is 46.5. The molecule has 5 aliphatic heterocycles. The van der Waals surface area contributed by atoms with Gasteiger partial charge in [-0.05, 0) is 39.3 Å². The maximum atomic E-state index is 15.2. The third-order valence-electron chi connectivity index (χ3n) is 15.1. The number of fused-ring (bicyclic) bond motifs is 8. The minimum atomic E-state index is -1.01. The number of alkyl halides is 2. The summed E-state index contributed by atoms with van der Waals surface area (Å²) in [6.07, 6.45) is 4.62. The van der Waals surface area contributed by atoms with E-state index < -0.39 is 54.1 Å². The number of hydrogen-bond acceptors (Lipinski definition) is 12. The SMILES string of the molecule is CCn1c2c3c4cc(ccc41)-c1csc(n1)C[C@@]1(CC[I-]C1C(=O)CCOC1CN(C(=O)C#CC(C)(C)N4CCC4)C1)C(=O)N1CCC[C@H](N1)C(=O)OCC(C)(C)C3[C@H](OC)c1ncccc1-2. The van der Waals surface area contributed by atoms with E-state index in [1.165, 1.54) is 11.3 Å². The molecular formula is C51H61IN7O7S-. The number of Topliss-reactive ketones (excluding diaryl/α,β-unsaturated/α-hetero) is 1. The van der Waals surface area contributed by atoms with Gasteiger partial charge in [0.05, 0.1) is 5.69 Å². The van der Waals surface area contributed by atoms with Gasteiger partial charge in [0.25, 0.3) is 0 Å². The topological polar surface area (TPSA) is 148 Å². The van der Waals surface area contributed by atoms with E-state index in [0.29, 0.717) is 45.3 Å². The molecule has 2 amide bonds. The number of carbonyl (C=O) groups excluding carboxylic acids is 4. The molecule has 356 valence electrons. The molecule has 16 heteroatoms. The zero-order valence-electron chi connectivity index (χ0n) is 39.4. The number of pyridine rings is 1. The Morgan fingerprint density at radius 2 is 1.94 bits per heavy atom. The minimum absolute atomic E-state index is 0.0375. The van der Waals surface area contributed by atoms with E-state index in [4.69, 9.17) is 24.2 Å². The number of rotatable bonds is 8. The predicted octanol–water partition coefficient (Wildman–Crippen LogP) is 2.77. The van der Waals surface area contributed by atoms with Crippen LogP contribution in [0.4, 0.5) is 0 Å². The van der Waals surface area contributed by atoms with Gasteiger partial charge in [0.2, 0.25) is 0 Å². The number of nitrogens with one attached hydrogen (secondary N) is 1. The number of carbonyl (C=O) groups is 4. The van der Waals surface area contributed by atoms with E-state index in [1.54, 1.807) is 17.0 Å². The van der Waals surface area contributed by atoms with E-state index in [0.717, 1.165) is 80.2 Å². The normalized spacial score (nSPS) is 26.4. The Balaban J connectivity index is 0.942. The van der Waals surface area contributed by atoms with Crippen LogP contribution in [0, 0.1) is 22.7 Å². The molecule has 0 saturated carbocycles. The molecule has 4 fully saturated rings. The third-order valence-corrected chi connectivity index (χ3v) is 19.8. The number of nitrogens with zero attached hydrogens (tertiary/aromatic N) is 6. The number of esters is 1. The number of amides is 2. The smallest absolute Gasteiger partial charge is 0.374 e. The summed E-state index contributed by atoms with van der Waals surface area (Å²) < 4.78 is 21.6. The molecule has 3 aromatic heterocycles. The van der Waals surface area contributed by atoms with Gasteiger partial charge in [-0.2, -0.15) is 0 Å². The molecule has 1 aliphatic carbocycles. The van der Waals surface area contributed by atoms with E-state index in [1.807, 2.05) is 26.1 Å². The summed E-state index contributed by atoms with van der Waals surface area (Å²) in [6, 6.07) is 9.92. The average molecular weight is 1040 g/mol. The summed E-state index contributed by atoms with van der Waals surface area (Å²) >= 11 is 0.863. The fourth-order valence-corrected chi connectivity index (χ4v) is 16.4. The standard InChI is InChI=1S/C51H61IN7O7S/c1-7-58-37-14-13-31-25-34(37)41-42(45(64-6)43-33(44(41)58)11-8-20-53-43)49(2,3)30-66-47(62)35-12-9-23-59(55-35)48(63)51(26-39-54-36(31)29-67-39)18-19-52-46(51)38(60)16-24-65-32-27-56(28-32)40(61)15-17-50(4,5)57-21-10-22-57/h8,11,13-14,20,25,29,32,35,42,45-46,55H,7,9-10,12,16,18-19,21-24,26-28,30H2,1-6H3/q-1/t35-,42?,45-,46?,51+/m0/s1. The second-order valence-electron chi connectivity index (χ2n) is 20.2.